The molecule has 0 N–H and O–H groups in total. The molecule has 2 rings (SSSR count). The van der Waals surface area contributed by atoms with Gasteiger partial charge in [0, 0.05) is 38.3 Å². The lowest BCUT2D eigenvalue weighted by Gasteiger charge is -2.44. The molecule has 0 saturated carbocycles. The fraction of sp³-hybridized carbons (Fsp3) is 0.647. The van der Waals surface area contributed by atoms with Crippen molar-refractivity contribution in [2.24, 2.45) is 0 Å². The zero-order chi connectivity index (χ0) is 16.3. The Labute approximate surface area is 130 Å². The van der Waals surface area contributed by atoms with Crippen LogP contribution in [0.25, 0.3) is 0 Å². The fourth-order valence-electron chi connectivity index (χ4n) is 3.00. The topological polar surface area (TPSA) is 6.48 Å². The standard InChI is InChI=1S/C17H25F3N2/c1-13-4-6-16(7-5-13)12-22-11-14(2)21(10-15(22)3)9-8-17(18,19)20/h4-7,14-15H,8-12H2,1-3H3/t14-,15+/m1/s1. The highest BCUT2D eigenvalue weighted by Crippen LogP contribution is 2.23. The summed E-state index contributed by atoms with van der Waals surface area (Å²) in [5.41, 5.74) is 2.50. The van der Waals surface area contributed by atoms with Gasteiger partial charge in [0.05, 0.1) is 6.42 Å². The molecule has 0 aromatic heterocycles. The van der Waals surface area contributed by atoms with Crippen molar-refractivity contribution in [1.29, 1.82) is 0 Å². The van der Waals surface area contributed by atoms with E-state index in [1.54, 1.807) is 0 Å². The molecule has 1 aliphatic heterocycles. The maximum atomic E-state index is 12.4. The Balaban J connectivity index is 1.91. The molecule has 1 fully saturated rings. The number of hydrogen-bond acceptors (Lipinski definition) is 2. The molecule has 5 heteroatoms. The summed E-state index contributed by atoms with van der Waals surface area (Å²) in [5.74, 6) is 0. The number of halogens is 3. The van der Waals surface area contributed by atoms with E-state index in [-0.39, 0.29) is 18.6 Å². The smallest absolute Gasteiger partial charge is 0.298 e. The van der Waals surface area contributed by atoms with E-state index < -0.39 is 12.6 Å². The lowest BCUT2D eigenvalue weighted by Crippen LogP contribution is -2.56. The van der Waals surface area contributed by atoms with E-state index in [0.29, 0.717) is 6.54 Å². The molecule has 1 saturated heterocycles. The number of alkyl halides is 3. The summed E-state index contributed by atoms with van der Waals surface area (Å²) in [6, 6.07) is 8.88. The lowest BCUT2D eigenvalue weighted by atomic mass is 10.1. The molecular formula is C17H25F3N2. The molecule has 0 aliphatic carbocycles. The Bertz CT molecular complexity index is 470. The second kappa shape index (κ2) is 7.01. The summed E-state index contributed by atoms with van der Waals surface area (Å²) < 4.78 is 37.2. The lowest BCUT2D eigenvalue weighted by molar-refractivity contribution is -0.141. The van der Waals surface area contributed by atoms with Crippen LogP contribution < -0.4 is 0 Å². The molecule has 0 radical (unpaired) electrons. The Morgan fingerprint density at radius 3 is 2.14 bits per heavy atom. The van der Waals surface area contributed by atoms with Gasteiger partial charge >= 0.3 is 6.18 Å². The highest BCUT2D eigenvalue weighted by atomic mass is 19.4. The van der Waals surface area contributed by atoms with E-state index in [4.69, 9.17) is 0 Å². The van der Waals surface area contributed by atoms with Gasteiger partial charge in [0.2, 0.25) is 0 Å². The minimum absolute atomic E-state index is 0.105. The summed E-state index contributed by atoms with van der Waals surface area (Å²) in [5, 5.41) is 0. The molecule has 1 aliphatic rings. The first-order valence-electron chi connectivity index (χ1n) is 7.85. The van der Waals surface area contributed by atoms with Gasteiger partial charge in [0.25, 0.3) is 0 Å². The predicted molar refractivity (Wildman–Crippen MR) is 82.8 cm³/mol. The number of nitrogens with zero attached hydrogens (tertiary/aromatic N) is 2. The van der Waals surface area contributed by atoms with Crippen molar-refractivity contribution >= 4 is 0 Å². The van der Waals surface area contributed by atoms with E-state index in [9.17, 15) is 13.2 Å². The molecule has 1 heterocycles. The third-order valence-corrected chi connectivity index (χ3v) is 4.43. The van der Waals surface area contributed by atoms with Gasteiger partial charge in [0.1, 0.15) is 0 Å². The summed E-state index contributed by atoms with van der Waals surface area (Å²) in [4.78, 5) is 4.32. The van der Waals surface area contributed by atoms with Crippen LogP contribution >= 0.6 is 0 Å². The van der Waals surface area contributed by atoms with Crippen molar-refractivity contribution in [2.45, 2.75) is 52.0 Å². The molecule has 2 atom stereocenters. The van der Waals surface area contributed by atoms with Crippen molar-refractivity contribution in [3.05, 3.63) is 35.4 Å². The van der Waals surface area contributed by atoms with E-state index >= 15 is 0 Å². The van der Waals surface area contributed by atoms with E-state index in [1.807, 2.05) is 11.8 Å². The fourth-order valence-corrected chi connectivity index (χ4v) is 3.00. The highest BCUT2D eigenvalue weighted by Gasteiger charge is 2.33. The van der Waals surface area contributed by atoms with Gasteiger partial charge in [-0.2, -0.15) is 13.2 Å². The van der Waals surface area contributed by atoms with Crippen LogP contribution in [-0.4, -0.2) is 47.7 Å². The van der Waals surface area contributed by atoms with Crippen molar-refractivity contribution in [3.8, 4) is 0 Å². The quantitative estimate of drug-likeness (QED) is 0.833. The van der Waals surface area contributed by atoms with Gasteiger partial charge in [-0.3, -0.25) is 9.80 Å². The maximum absolute atomic E-state index is 12.4. The normalized spacial score (nSPS) is 24.6. The molecule has 1 aromatic carbocycles. The van der Waals surface area contributed by atoms with Crippen LogP contribution in [0.2, 0.25) is 0 Å². The van der Waals surface area contributed by atoms with Crippen LogP contribution in [0.3, 0.4) is 0 Å². The molecule has 2 nitrogen and oxygen atoms in total. The van der Waals surface area contributed by atoms with Crippen LogP contribution in [0.15, 0.2) is 24.3 Å². The molecule has 0 unspecified atom stereocenters. The third kappa shape index (κ3) is 4.99. The van der Waals surface area contributed by atoms with Gasteiger partial charge in [-0.25, -0.2) is 0 Å². The molecule has 1 aromatic rings. The largest absolute Gasteiger partial charge is 0.390 e. The Hall–Kier alpha value is -1.07. The molecule has 0 spiro atoms. The first kappa shape index (κ1) is 17.3. The van der Waals surface area contributed by atoms with Crippen molar-refractivity contribution in [1.82, 2.24) is 9.80 Å². The third-order valence-electron chi connectivity index (χ3n) is 4.43. The molecule has 0 amide bonds. The SMILES string of the molecule is Cc1ccc(CN2C[C@@H](C)N(CCC(F)(F)F)C[C@@H]2C)cc1. The van der Waals surface area contributed by atoms with Crippen LogP contribution in [-0.2, 0) is 6.54 Å². The minimum atomic E-state index is -4.07. The first-order chi connectivity index (χ1) is 10.2. The van der Waals surface area contributed by atoms with Crippen molar-refractivity contribution in [2.75, 3.05) is 19.6 Å². The first-order valence-corrected chi connectivity index (χ1v) is 7.85. The van der Waals surface area contributed by atoms with E-state index in [1.165, 1.54) is 11.1 Å². The van der Waals surface area contributed by atoms with Crippen LogP contribution in [0.4, 0.5) is 13.2 Å². The van der Waals surface area contributed by atoms with Gasteiger partial charge in [0.15, 0.2) is 0 Å². The molecular weight excluding hydrogens is 289 g/mol. The zero-order valence-electron chi connectivity index (χ0n) is 13.5. The van der Waals surface area contributed by atoms with E-state index in [2.05, 4.69) is 43.0 Å². The monoisotopic (exact) mass is 314 g/mol. The molecule has 0 bridgehead atoms. The Morgan fingerprint density at radius 1 is 1.00 bits per heavy atom. The average molecular weight is 314 g/mol. The number of piperazine rings is 1. The van der Waals surface area contributed by atoms with Gasteiger partial charge in [-0.1, -0.05) is 29.8 Å². The van der Waals surface area contributed by atoms with Crippen LogP contribution in [0.5, 0.6) is 0 Å². The van der Waals surface area contributed by atoms with Crippen molar-refractivity contribution in [3.63, 3.8) is 0 Å². The number of rotatable bonds is 4. The summed E-state index contributed by atoms with van der Waals surface area (Å²) in [7, 11) is 0. The predicted octanol–water partition coefficient (Wildman–Crippen LogP) is 3.84. The minimum Gasteiger partial charge on any atom is -0.298 e. The van der Waals surface area contributed by atoms with E-state index in [0.717, 1.165) is 13.1 Å². The Kier molecular flexibility index (Phi) is 5.50. The van der Waals surface area contributed by atoms with Crippen molar-refractivity contribution < 1.29 is 13.2 Å². The number of aryl methyl sites for hydroxylation is 1. The van der Waals surface area contributed by atoms with Gasteiger partial charge in [-0.15, -0.1) is 0 Å². The summed E-state index contributed by atoms with van der Waals surface area (Å²) >= 11 is 0. The summed E-state index contributed by atoms with van der Waals surface area (Å²) in [6.45, 7) is 8.65. The number of benzene rings is 1. The number of hydrogen-bond donors (Lipinski definition) is 0. The average Bonchev–Trinajstić information content (AvgIpc) is 2.42. The van der Waals surface area contributed by atoms with Crippen LogP contribution in [0.1, 0.15) is 31.4 Å². The van der Waals surface area contributed by atoms with Gasteiger partial charge < -0.3 is 0 Å². The summed E-state index contributed by atoms with van der Waals surface area (Å²) in [6.07, 6.45) is -4.79. The van der Waals surface area contributed by atoms with Crippen LogP contribution in [0, 0.1) is 6.92 Å². The second-order valence-corrected chi connectivity index (χ2v) is 6.47. The Morgan fingerprint density at radius 2 is 1.55 bits per heavy atom. The molecule has 124 valence electrons. The highest BCUT2D eigenvalue weighted by molar-refractivity contribution is 5.21. The zero-order valence-corrected chi connectivity index (χ0v) is 13.5. The maximum Gasteiger partial charge on any atom is 0.390 e. The second-order valence-electron chi connectivity index (χ2n) is 6.47. The van der Waals surface area contributed by atoms with Gasteiger partial charge in [-0.05, 0) is 26.3 Å². The molecule has 22 heavy (non-hydrogen) atoms.